The highest BCUT2D eigenvalue weighted by molar-refractivity contribution is 5.29. The van der Waals surface area contributed by atoms with E-state index in [-0.39, 0.29) is 5.82 Å². The summed E-state index contributed by atoms with van der Waals surface area (Å²) in [6, 6.07) is 5.88. The van der Waals surface area contributed by atoms with E-state index in [0.717, 1.165) is 12.0 Å². The predicted molar refractivity (Wildman–Crippen MR) is 71.5 cm³/mol. The molecule has 0 spiro atoms. The van der Waals surface area contributed by atoms with E-state index in [1.54, 1.807) is 12.1 Å². The largest absolute Gasteiger partial charge is 0.494 e. The molecule has 2 atom stereocenters. The lowest BCUT2D eigenvalue weighted by atomic mass is 9.81. The molecule has 0 radical (unpaired) electrons. The Morgan fingerprint density at radius 1 is 1.33 bits per heavy atom. The average Bonchev–Trinajstić information content (AvgIpc) is 2.39. The Kier molecular flexibility index (Phi) is 4.59. The number of methoxy groups -OCH3 is 1. The van der Waals surface area contributed by atoms with Crippen molar-refractivity contribution in [3.63, 3.8) is 0 Å². The van der Waals surface area contributed by atoms with Crippen LogP contribution in [0.3, 0.4) is 0 Å². The third-order valence-corrected chi connectivity index (χ3v) is 3.99. The minimum absolute atomic E-state index is 0.258. The van der Waals surface area contributed by atoms with Gasteiger partial charge in [-0.25, -0.2) is 4.39 Å². The first-order valence-corrected chi connectivity index (χ1v) is 6.74. The molecule has 1 aromatic rings. The van der Waals surface area contributed by atoms with Gasteiger partial charge in [0.05, 0.1) is 7.11 Å². The summed E-state index contributed by atoms with van der Waals surface area (Å²) in [6.07, 6.45) is 6.02. The van der Waals surface area contributed by atoms with E-state index < -0.39 is 0 Å². The fourth-order valence-corrected chi connectivity index (χ4v) is 2.97. The summed E-state index contributed by atoms with van der Waals surface area (Å²) in [6.45, 7) is 0. The first kappa shape index (κ1) is 13.3. The highest BCUT2D eigenvalue weighted by Crippen LogP contribution is 2.28. The molecule has 0 aromatic heterocycles. The average molecular weight is 251 g/mol. The predicted octanol–water partition coefficient (Wildman–Crippen LogP) is 3.16. The van der Waals surface area contributed by atoms with Crippen LogP contribution in [0.4, 0.5) is 4.39 Å². The lowest BCUT2D eigenvalue weighted by Crippen LogP contribution is -2.37. The molecule has 0 bridgehead atoms. The summed E-state index contributed by atoms with van der Waals surface area (Å²) in [5.74, 6) is 0.691. The maximum atomic E-state index is 13.6. The van der Waals surface area contributed by atoms with Gasteiger partial charge >= 0.3 is 0 Å². The third kappa shape index (κ3) is 3.02. The molecule has 18 heavy (non-hydrogen) atoms. The number of nitrogens with one attached hydrogen (secondary N) is 1. The summed E-state index contributed by atoms with van der Waals surface area (Å²) in [5.41, 5.74) is 1.07. The Morgan fingerprint density at radius 3 is 2.78 bits per heavy atom. The second-order valence-corrected chi connectivity index (χ2v) is 5.11. The second-order valence-electron chi connectivity index (χ2n) is 5.11. The summed E-state index contributed by atoms with van der Waals surface area (Å²) < 4.78 is 18.6. The van der Waals surface area contributed by atoms with Crippen LogP contribution in [0.15, 0.2) is 18.2 Å². The first-order valence-electron chi connectivity index (χ1n) is 6.74. The smallest absolute Gasteiger partial charge is 0.165 e. The highest BCUT2D eigenvalue weighted by Gasteiger charge is 2.23. The molecule has 100 valence electrons. The lowest BCUT2D eigenvalue weighted by Gasteiger charge is -2.31. The lowest BCUT2D eigenvalue weighted by molar-refractivity contribution is 0.272. The van der Waals surface area contributed by atoms with Crippen LogP contribution in [0.1, 0.15) is 31.2 Å². The minimum atomic E-state index is -0.258. The molecule has 3 heteroatoms. The van der Waals surface area contributed by atoms with Crippen molar-refractivity contribution < 1.29 is 9.13 Å². The van der Waals surface area contributed by atoms with Gasteiger partial charge in [-0.15, -0.1) is 0 Å². The van der Waals surface area contributed by atoms with E-state index in [1.165, 1.54) is 32.8 Å². The standard InChI is InChI=1S/C15H22FNO/c1-17-14-6-4-3-5-12(14)9-11-7-8-15(18-2)13(16)10-11/h7-8,10,12,14,17H,3-6,9H2,1-2H3. The van der Waals surface area contributed by atoms with Crippen LogP contribution in [0.25, 0.3) is 0 Å². The maximum absolute atomic E-state index is 13.6. The van der Waals surface area contributed by atoms with E-state index >= 15 is 0 Å². The summed E-state index contributed by atoms with van der Waals surface area (Å²) >= 11 is 0. The number of hydrogen-bond donors (Lipinski definition) is 1. The Morgan fingerprint density at radius 2 is 2.11 bits per heavy atom. The molecule has 0 aliphatic heterocycles. The van der Waals surface area contributed by atoms with Crippen LogP contribution in [-0.2, 0) is 6.42 Å². The van der Waals surface area contributed by atoms with Crippen molar-refractivity contribution in [2.24, 2.45) is 5.92 Å². The molecular formula is C15H22FNO. The molecule has 1 fully saturated rings. The molecule has 0 amide bonds. The van der Waals surface area contributed by atoms with Crippen molar-refractivity contribution in [2.75, 3.05) is 14.2 Å². The molecule has 2 unspecified atom stereocenters. The highest BCUT2D eigenvalue weighted by atomic mass is 19.1. The van der Waals surface area contributed by atoms with E-state index in [1.807, 2.05) is 13.1 Å². The molecule has 1 saturated carbocycles. The van der Waals surface area contributed by atoms with Gasteiger partial charge in [-0.2, -0.15) is 0 Å². The molecule has 0 saturated heterocycles. The van der Waals surface area contributed by atoms with Crippen LogP contribution in [0.5, 0.6) is 5.75 Å². The SMILES string of the molecule is CNC1CCCCC1Cc1ccc(OC)c(F)c1. The van der Waals surface area contributed by atoms with Crippen molar-refractivity contribution in [3.8, 4) is 5.75 Å². The van der Waals surface area contributed by atoms with E-state index in [2.05, 4.69) is 5.32 Å². The van der Waals surface area contributed by atoms with Gasteiger partial charge in [-0.1, -0.05) is 18.9 Å². The monoisotopic (exact) mass is 251 g/mol. The van der Waals surface area contributed by atoms with Crippen molar-refractivity contribution >= 4 is 0 Å². The van der Waals surface area contributed by atoms with Gasteiger partial charge < -0.3 is 10.1 Å². The fraction of sp³-hybridized carbons (Fsp3) is 0.600. The van der Waals surface area contributed by atoms with Gasteiger partial charge in [0.1, 0.15) is 0 Å². The Bertz CT molecular complexity index is 394. The Labute approximate surface area is 109 Å². The van der Waals surface area contributed by atoms with Crippen LogP contribution >= 0.6 is 0 Å². The van der Waals surface area contributed by atoms with Crippen molar-refractivity contribution in [2.45, 2.75) is 38.1 Å². The maximum Gasteiger partial charge on any atom is 0.165 e. The minimum Gasteiger partial charge on any atom is -0.494 e. The van der Waals surface area contributed by atoms with Gasteiger partial charge in [0.25, 0.3) is 0 Å². The number of benzene rings is 1. The van der Waals surface area contributed by atoms with Gasteiger partial charge in [0.15, 0.2) is 11.6 Å². The van der Waals surface area contributed by atoms with Gasteiger partial charge in [0, 0.05) is 6.04 Å². The quantitative estimate of drug-likeness (QED) is 0.887. The van der Waals surface area contributed by atoms with Crippen molar-refractivity contribution in [1.82, 2.24) is 5.32 Å². The normalized spacial score (nSPS) is 23.9. The second kappa shape index (κ2) is 6.19. The number of hydrogen-bond acceptors (Lipinski definition) is 2. The first-order chi connectivity index (χ1) is 8.74. The third-order valence-electron chi connectivity index (χ3n) is 3.99. The van der Waals surface area contributed by atoms with Crippen molar-refractivity contribution in [3.05, 3.63) is 29.6 Å². The zero-order valence-corrected chi connectivity index (χ0v) is 11.2. The van der Waals surface area contributed by atoms with E-state index in [0.29, 0.717) is 17.7 Å². The summed E-state index contributed by atoms with van der Waals surface area (Å²) in [4.78, 5) is 0. The van der Waals surface area contributed by atoms with E-state index in [9.17, 15) is 4.39 Å². The number of halogens is 1. The summed E-state index contributed by atoms with van der Waals surface area (Å²) in [7, 11) is 3.52. The molecule has 2 nitrogen and oxygen atoms in total. The molecule has 1 aliphatic carbocycles. The van der Waals surface area contributed by atoms with Crippen LogP contribution in [0.2, 0.25) is 0 Å². The molecule has 1 N–H and O–H groups in total. The van der Waals surface area contributed by atoms with E-state index in [4.69, 9.17) is 4.74 Å². The van der Waals surface area contributed by atoms with Gasteiger partial charge in [0.2, 0.25) is 0 Å². The molecule has 1 aliphatic rings. The van der Waals surface area contributed by atoms with Gasteiger partial charge in [-0.05, 0) is 49.9 Å². The van der Waals surface area contributed by atoms with Crippen molar-refractivity contribution in [1.29, 1.82) is 0 Å². The number of rotatable bonds is 4. The zero-order valence-electron chi connectivity index (χ0n) is 11.2. The molecule has 2 rings (SSSR count). The Balaban J connectivity index is 2.05. The summed E-state index contributed by atoms with van der Waals surface area (Å²) in [5, 5.41) is 3.39. The zero-order chi connectivity index (χ0) is 13.0. The van der Waals surface area contributed by atoms with Crippen LogP contribution in [-0.4, -0.2) is 20.2 Å². The fourth-order valence-electron chi connectivity index (χ4n) is 2.97. The molecular weight excluding hydrogens is 229 g/mol. The van der Waals surface area contributed by atoms with Gasteiger partial charge in [-0.3, -0.25) is 0 Å². The number of ether oxygens (including phenoxy) is 1. The van der Waals surface area contributed by atoms with Crippen LogP contribution in [0, 0.1) is 11.7 Å². The molecule has 0 heterocycles. The molecule has 1 aromatic carbocycles. The van der Waals surface area contributed by atoms with Crippen LogP contribution < -0.4 is 10.1 Å². The Hall–Kier alpha value is -1.09. The topological polar surface area (TPSA) is 21.3 Å².